The van der Waals surface area contributed by atoms with Gasteiger partial charge in [-0.25, -0.2) is 13.6 Å². The summed E-state index contributed by atoms with van der Waals surface area (Å²) in [5.41, 5.74) is -0.569. The van der Waals surface area contributed by atoms with Gasteiger partial charge in [-0.2, -0.15) is 4.98 Å². The molecule has 0 spiro atoms. The number of carbonyl (C=O) groups excluding carboxylic acids is 1. The van der Waals surface area contributed by atoms with Crippen molar-refractivity contribution < 1.29 is 22.7 Å². The van der Waals surface area contributed by atoms with Crippen LogP contribution < -0.4 is 4.90 Å². The van der Waals surface area contributed by atoms with Gasteiger partial charge in [-0.15, -0.1) is 0 Å². The summed E-state index contributed by atoms with van der Waals surface area (Å²) >= 11 is 3.16. The van der Waals surface area contributed by atoms with Crippen LogP contribution in [0.3, 0.4) is 0 Å². The third-order valence-electron chi connectivity index (χ3n) is 4.03. The number of anilines is 1. The molecule has 2 aromatic rings. The fraction of sp³-hybridized carbons (Fsp3) is 0.529. The molecule has 1 aromatic heterocycles. The van der Waals surface area contributed by atoms with Gasteiger partial charge in [-0.05, 0) is 49.7 Å². The van der Waals surface area contributed by atoms with E-state index in [4.69, 9.17) is 9.15 Å². The zero-order chi connectivity index (χ0) is 19.2. The van der Waals surface area contributed by atoms with Crippen molar-refractivity contribution in [1.29, 1.82) is 0 Å². The highest BCUT2D eigenvalue weighted by Crippen LogP contribution is 2.33. The maximum absolute atomic E-state index is 14.0. The molecule has 1 amide bonds. The number of rotatable bonds is 1. The van der Waals surface area contributed by atoms with Crippen molar-refractivity contribution in [2.75, 3.05) is 24.5 Å². The van der Waals surface area contributed by atoms with Gasteiger partial charge in [0.15, 0.2) is 22.7 Å². The minimum absolute atomic E-state index is 0.129. The summed E-state index contributed by atoms with van der Waals surface area (Å²) in [6.45, 7) is 8.60. The summed E-state index contributed by atoms with van der Waals surface area (Å²) in [7, 11) is 0. The lowest BCUT2D eigenvalue weighted by atomic mass is 10.2. The first-order chi connectivity index (χ1) is 12.1. The number of ether oxygens (including phenoxy) is 1. The summed E-state index contributed by atoms with van der Waals surface area (Å²) in [4.78, 5) is 19.8. The van der Waals surface area contributed by atoms with Crippen LogP contribution >= 0.6 is 15.9 Å². The highest BCUT2D eigenvalue weighted by Gasteiger charge is 2.32. The topological polar surface area (TPSA) is 58.8 Å². The highest BCUT2D eigenvalue weighted by atomic mass is 79.9. The van der Waals surface area contributed by atoms with Crippen molar-refractivity contribution in [2.24, 2.45) is 0 Å². The molecule has 1 saturated heterocycles. The van der Waals surface area contributed by atoms with E-state index < -0.39 is 17.2 Å². The van der Waals surface area contributed by atoms with Crippen LogP contribution in [-0.2, 0) is 4.74 Å². The Kier molecular flexibility index (Phi) is 4.85. The number of piperazine rings is 1. The molecule has 26 heavy (non-hydrogen) atoms. The number of fused-ring (bicyclic) bond motifs is 1. The van der Waals surface area contributed by atoms with Crippen LogP contribution in [0.15, 0.2) is 15.0 Å². The van der Waals surface area contributed by atoms with Crippen molar-refractivity contribution in [2.45, 2.75) is 39.3 Å². The fourth-order valence-electron chi connectivity index (χ4n) is 2.83. The molecule has 3 rings (SSSR count). The molecule has 0 radical (unpaired) electrons. The van der Waals surface area contributed by atoms with E-state index in [1.165, 1.54) is 0 Å². The quantitative estimate of drug-likeness (QED) is 0.629. The molecule has 0 N–H and O–H groups in total. The maximum Gasteiger partial charge on any atom is 0.410 e. The summed E-state index contributed by atoms with van der Waals surface area (Å²) in [6.07, 6.45) is -0.377. The van der Waals surface area contributed by atoms with Crippen molar-refractivity contribution >= 4 is 39.1 Å². The van der Waals surface area contributed by atoms with Crippen LogP contribution in [0.4, 0.5) is 19.6 Å². The lowest BCUT2D eigenvalue weighted by Crippen LogP contribution is -2.54. The Hall–Kier alpha value is -1.90. The molecular weight excluding hydrogens is 412 g/mol. The van der Waals surface area contributed by atoms with E-state index in [0.717, 1.165) is 6.07 Å². The summed E-state index contributed by atoms with van der Waals surface area (Å²) in [5, 5.41) is 0. The van der Waals surface area contributed by atoms with Gasteiger partial charge in [0, 0.05) is 25.7 Å². The largest absolute Gasteiger partial charge is 0.444 e. The second kappa shape index (κ2) is 6.68. The zero-order valence-corrected chi connectivity index (χ0v) is 16.6. The minimum Gasteiger partial charge on any atom is -0.444 e. The maximum atomic E-state index is 14.0. The molecular formula is C17H20BrF2N3O3. The zero-order valence-electron chi connectivity index (χ0n) is 15.0. The molecule has 0 bridgehead atoms. The second-order valence-electron chi connectivity index (χ2n) is 7.30. The number of oxazole rings is 1. The van der Waals surface area contributed by atoms with Crippen LogP contribution in [0.25, 0.3) is 11.1 Å². The smallest absolute Gasteiger partial charge is 0.410 e. The third kappa shape index (κ3) is 3.62. The van der Waals surface area contributed by atoms with E-state index in [1.807, 2.05) is 32.6 Å². The number of hydrogen-bond acceptors (Lipinski definition) is 5. The van der Waals surface area contributed by atoms with Crippen LogP contribution in [0.2, 0.25) is 0 Å². The molecule has 1 aliphatic rings. The average Bonchev–Trinajstić information content (AvgIpc) is 2.96. The Morgan fingerprint density at radius 3 is 2.69 bits per heavy atom. The van der Waals surface area contributed by atoms with Crippen LogP contribution in [0, 0.1) is 11.6 Å². The Labute approximate surface area is 158 Å². The van der Waals surface area contributed by atoms with Gasteiger partial charge in [0.25, 0.3) is 6.01 Å². The monoisotopic (exact) mass is 431 g/mol. The van der Waals surface area contributed by atoms with Crippen molar-refractivity contribution in [3.8, 4) is 0 Å². The first-order valence-electron chi connectivity index (χ1n) is 8.25. The number of amides is 1. The highest BCUT2D eigenvalue weighted by molar-refractivity contribution is 9.10. The van der Waals surface area contributed by atoms with Gasteiger partial charge < -0.3 is 19.0 Å². The number of halogens is 3. The van der Waals surface area contributed by atoms with E-state index >= 15 is 0 Å². The Balaban J connectivity index is 1.80. The van der Waals surface area contributed by atoms with Gasteiger partial charge in [-0.1, -0.05) is 0 Å². The van der Waals surface area contributed by atoms with Crippen LogP contribution in [-0.4, -0.2) is 47.3 Å². The lowest BCUT2D eigenvalue weighted by molar-refractivity contribution is 0.0216. The Morgan fingerprint density at radius 2 is 2.08 bits per heavy atom. The molecule has 1 atom stereocenters. The second-order valence-corrected chi connectivity index (χ2v) is 8.15. The summed E-state index contributed by atoms with van der Waals surface area (Å²) in [6, 6.07) is 1.08. The molecule has 0 aliphatic carbocycles. The predicted octanol–water partition coefficient (Wildman–Crippen LogP) is 4.31. The first-order valence-corrected chi connectivity index (χ1v) is 9.04. The Bertz CT molecular complexity index is 850. The van der Waals surface area contributed by atoms with Crippen LogP contribution in [0.5, 0.6) is 0 Å². The normalized spacial score (nSPS) is 18.5. The van der Waals surface area contributed by atoms with E-state index in [9.17, 15) is 13.6 Å². The first kappa shape index (κ1) is 18.9. The minimum atomic E-state index is -1.04. The molecule has 1 unspecified atom stereocenters. The standard InChI is InChI=1S/C17H20BrF2N3O3/c1-9-8-22(16(24)26-17(2,3)4)5-6-23(9)15-21-13-12(20)11(19)7-10(18)14(13)25-15/h7,9H,5-6,8H2,1-4H3. The summed E-state index contributed by atoms with van der Waals surface area (Å²) < 4.78 is 38.9. The van der Waals surface area contributed by atoms with Gasteiger partial charge in [0.2, 0.25) is 0 Å². The average molecular weight is 432 g/mol. The fourth-order valence-corrected chi connectivity index (χ4v) is 3.30. The number of benzene rings is 1. The van der Waals surface area contributed by atoms with Crippen LogP contribution in [0.1, 0.15) is 27.7 Å². The molecule has 9 heteroatoms. The SMILES string of the molecule is CC1CN(C(=O)OC(C)(C)C)CCN1c1nc2c(F)c(F)cc(Br)c2o1. The molecule has 1 aromatic carbocycles. The third-order valence-corrected chi connectivity index (χ3v) is 4.62. The van der Waals surface area contributed by atoms with E-state index in [-0.39, 0.29) is 29.2 Å². The number of nitrogens with zero attached hydrogens (tertiary/aromatic N) is 3. The summed E-state index contributed by atoms with van der Waals surface area (Å²) in [5.74, 6) is -2.04. The molecule has 0 saturated carbocycles. The van der Waals surface area contributed by atoms with Crippen molar-refractivity contribution in [1.82, 2.24) is 9.88 Å². The van der Waals surface area contributed by atoms with E-state index in [1.54, 1.807) is 4.90 Å². The molecule has 1 aliphatic heterocycles. The van der Waals surface area contributed by atoms with Crippen molar-refractivity contribution in [3.63, 3.8) is 0 Å². The predicted molar refractivity (Wildman–Crippen MR) is 96.2 cm³/mol. The molecule has 1 fully saturated rings. The van der Waals surface area contributed by atoms with Gasteiger partial charge >= 0.3 is 6.09 Å². The lowest BCUT2D eigenvalue weighted by Gasteiger charge is -2.39. The van der Waals surface area contributed by atoms with Gasteiger partial charge in [-0.3, -0.25) is 0 Å². The number of carbonyl (C=O) groups is 1. The van der Waals surface area contributed by atoms with Gasteiger partial charge in [0.1, 0.15) is 5.60 Å². The number of aromatic nitrogens is 1. The van der Waals surface area contributed by atoms with Crippen molar-refractivity contribution in [3.05, 3.63) is 22.2 Å². The number of hydrogen-bond donors (Lipinski definition) is 0. The van der Waals surface area contributed by atoms with E-state index in [2.05, 4.69) is 20.9 Å². The molecule has 6 nitrogen and oxygen atoms in total. The van der Waals surface area contributed by atoms with E-state index in [0.29, 0.717) is 24.1 Å². The molecule has 142 valence electrons. The molecule has 2 heterocycles. The Morgan fingerprint density at radius 1 is 1.38 bits per heavy atom. The van der Waals surface area contributed by atoms with Gasteiger partial charge in [0.05, 0.1) is 4.47 Å².